The zero-order valence-electron chi connectivity index (χ0n) is 18.9. The van der Waals surface area contributed by atoms with Crippen molar-refractivity contribution in [2.45, 2.75) is 83.3 Å². The first-order valence-corrected chi connectivity index (χ1v) is 12.0. The van der Waals surface area contributed by atoms with Crippen LogP contribution in [0.15, 0.2) is 23.8 Å². The maximum atomic E-state index is 12.0. The number of rotatable bonds is 11. The summed E-state index contributed by atoms with van der Waals surface area (Å²) in [4.78, 5) is 13.9. The van der Waals surface area contributed by atoms with E-state index in [4.69, 9.17) is 4.74 Å². The summed E-state index contributed by atoms with van der Waals surface area (Å²) in [6, 6.07) is 0. The molecule has 2 aliphatic carbocycles. The van der Waals surface area contributed by atoms with Crippen LogP contribution in [0.3, 0.4) is 0 Å². The molecular formula is C25H41NO4. The lowest BCUT2D eigenvalue weighted by molar-refractivity contribution is -0.135. The van der Waals surface area contributed by atoms with E-state index in [1.807, 2.05) is 11.8 Å². The maximum Gasteiger partial charge on any atom is 0.248 e. The molecule has 3 rings (SSSR count). The Morgan fingerprint density at radius 2 is 2.13 bits per heavy atom. The molecule has 5 nitrogen and oxygen atoms in total. The largest absolute Gasteiger partial charge is 0.392 e. The molecule has 1 aliphatic heterocycles. The summed E-state index contributed by atoms with van der Waals surface area (Å²) >= 11 is 0. The molecule has 0 aromatic heterocycles. The number of fused-ring (bicyclic) bond motifs is 1. The Kier molecular flexibility index (Phi) is 8.55. The summed E-state index contributed by atoms with van der Waals surface area (Å²) in [5.41, 5.74) is 0.747. The standard InChI is InChI=1S/C25H41NO4/c1-3-4-10-25(2,29)11-7-8-21-22-16-19(15-20(22)17-23(21)27)9-14-30-18-24(28)26-12-5-6-13-26/h7-8,15,20-23,27,29H,3-6,9-14,16-18H2,1-2H3/t20-,21+,22-,23+,25-/m0/s1. The highest BCUT2D eigenvalue weighted by atomic mass is 16.5. The Morgan fingerprint density at radius 1 is 1.37 bits per heavy atom. The third-order valence-corrected chi connectivity index (χ3v) is 7.19. The predicted octanol–water partition coefficient (Wildman–Crippen LogP) is 3.85. The average molecular weight is 420 g/mol. The molecule has 1 saturated heterocycles. The Balaban J connectivity index is 1.40. The van der Waals surface area contributed by atoms with E-state index in [1.165, 1.54) is 5.57 Å². The number of amides is 1. The fraction of sp³-hybridized carbons (Fsp3) is 0.800. The van der Waals surface area contributed by atoms with Gasteiger partial charge in [0.2, 0.25) is 5.91 Å². The number of carbonyl (C=O) groups is 1. The van der Waals surface area contributed by atoms with E-state index in [0.717, 1.165) is 64.5 Å². The second-order valence-electron chi connectivity index (χ2n) is 9.86. The van der Waals surface area contributed by atoms with E-state index in [9.17, 15) is 15.0 Å². The van der Waals surface area contributed by atoms with Crippen LogP contribution in [0.2, 0.25) is 0 Å². The van der Waals surface area contributed by atoms with E-state index in [0.29, 0.717) is 24.9 Å². The quantitative estimate of drug-likeness (QED) is 0.394. The number of hydrogen-bond donors (Lipinski definition) is 2. The molecule has 2 N–H and O–H groups in total. The number of likely N-dealkylation sites (tertiary alicyclic amines) is 1. The topological polar surface area (TPSA) is 70.0 Å². The van der Waals surface area contributed by atoms with Gasteiger partial charge in [0.25, 0.3) is 0 Å². The molecule has 30 heavy (non-hydrogen) atoms. The van der Waals surface area contributed by atoms with Crippen LogP contribution >= 0.6 is 0 Å². The van der Waals surface area contributed by atoms with Gasteiger partial charge in [-0.05, 0) is 63.7 Å². The zero-order chi connectivity index (χ0) is 21.6. The molecule has 0 radical (unpaired) electrons. The highest BCUT2D eigenvalue weighted by molar-refractivity contribution is 5.77. The summed E-state index contributed by atoms with van der Waals surface area (Å²) in [5, 5.41) is 21.0. The first kappa shape index (κ1) is 23.5. The highest BCUT2D eigenvalue weighted by Crippen LogP contribution is 2.48. The Bertz CT molecular complexity index is 621. The number of aliphatic hydroxyl groups is 2. The van der Waals surface area contributed by atoms with Gasteiger partial charge in [-0.2, -0.15) is 0 Å². The number of unbranched alkanes of at least 4 members (excludes halogenated alkanes) is 1. The van der Waals surface area contributed by atoms with E-state index >= 15 is 0 Å². The molecule has 3 aliphatic rings. The van der Waals surface area contributed by atoms with E-state index < -0.39 is 5.60 Å². The van der Waals surface area contributed by atoms with Crippen LogP contribution in [0.25, 0.3) is 0 Å². The number of hydrogen-bond acceptors (Lipinski definition) is 4. The second-order valence-corrected chi connectivity index (χ2v) is 9.86. The predicted molar refractivity (Wildman–Crippen MR) is 119 cm³/mol. The fourth-order valence-corrected chi connectivity index (χ4v) is 5.35. The molecule has 1 saturated carbocycles. The van der Waals surface area contributed by atoms with Crippen molar-refractivity contribution in [2.24, 2.45) is 17.8 Å². The monoisotopic (exact) mass is 419 g/mol. The first-order chi connectivity index (χ1) is 14.4. The van der Waals surface area contributed by atoms with E-state index in [-0.39, 0.29) is 24.5 Å². The minimum Gasteiger partial charge on any atom is -0.392 e. The van der Waals surface area contributed by atoms with Crippen LogP contribution in [0, 0.1) is 17.8 Å². The summed E-state index contributed by atoms with van der Waals surface area (Å²) < 4.78 is 5.65. The molecule has 0 aromatic carbocycles. The van der Waals surface area contributed by atoms with Crippen molar-refractivity contribution in [3.8, 4) is 0 Å². The SMILES string of the molecule is CCCC[C@](C)(O)CC=C[C@@H]1[C@H]2CC(CCOCC(=O)N3CCCC3)=C[C@H]2C[C@H]1O. The third kappa shape index (κ3) is 6.41. The molecule has 2 fully saturated rings. The minimum absolute atomic E-state index is 0.118. The van der Waals surface area contributed by atoms with Gasteiger partial charge in [0.15, 0.2) is 0 Å². The molecule has 170 valence electrons. The molecule has 0 spiro atoms. The van der Waals surface area contributed by atoms with E-state index in [2.05, 4.69) is 25.2 Å². The lowest BCUT2D eigenvalue weighted by atomic mass is 9.88. The second kappa shape index (κ2) is 10.9. The van der Waals surface area contributed by atoms with Crippen LogP contribution in [-0.2, 0) is 9.53 Å². The van der Waals surface area contributed by atoms with Crippen molar-refractivity contribution in [2.75, 3.05) is 26.3 Å². The van der Waals surface area contributed by atoms with E-state index in [1.54, 1.807) is 0 Å². The van der Waals surface area contributed by atoms with Gasteiger partial charge in [-0.1, -0.05) is 43.6 Å². The van der Waals surface area contributed by atoms with Crippen LogP contribution in [0.4, 0.5) is 0 Å². The van der Waals surface area contributed by atoms with Crippen LogP contribution < -0.4 is 0 Å². The van der Waals surface area contributed by atoms with Crippen molar-refractivity contribution in [3.05, 3.63) is 23.8 Å². The smallest absolute Gasteiger partial charge is 0.248 e. The first-order valence-electron chi connectivity index (χ1n) is 12.0. The summed E-state index contributed by atoms with van der Waals surface area (Å²) in [7, 11) is 0. The molecule has 0 unspecified atom stereocenters. The lowest BCUT2D eigenvalue weighted by Gasteiger charge is -2.22. The number of allylic oxidation sites excluding steroid dienone is 1. The van der Waals surface area contributed by atoms with Crippen molar-refractivity contribution >= 4 is 5.91 Å². The number of nitrogens with zero attached hydrogens (tertiary/aromatic N) is 1. The van der Waals surface area contributed by atoms with Crippen LogP contribution in [0.5, 0.6) is 0 Å². The lowest BCUT2D eigenvalue weighted by Crippen LogP contribution is -2.31. The Hall–Kier alpha value is -1.17. The highest BCUT2D eigenvalue weighted by Gasteiger charge is 2.43. The van der Waals surface area contributed by atoms with Crippen molar-refractivity contribution in [3.63, 3.8) is 0 Å². The van der Waals surface area contributed by atoms with Crippen molar-refractivity contribution in [1.82, 2.24) is 4.90 Å². The Morgan fingerprint density at radius 3 is 2.87 bits per heavy atom. The van der Waals surface area contributed by atoms with Gasteiger partial charge in [0.1, 0.15) is 6.61 Å². The Labute approximate surface area is 182 Å². The maximum absolute atomic E-state index is 12.0. The van der Waals surface area contributed by atoms with Gasteiger partial charge < -0.3 is 19.8 Å². The minimum atomic E-state index is -0.654. The van der Waals surface area contributed by atoms with Gasteiger partial charge in [0, 0.05) is 19.0 Å². The molecule has 0 aromatic rings. The van der Waals surface area contributed by atoms with Gasteiger partial charge >= 0.3 is 0 Å². The fourth-order valence-electron chi connectivity index (χ4n) is 5.35. The zero-order valence-corrected chi connectivity index (χ0v) is 18.9. The van der Waals surface area contributed by atoms with Gasteiger partial charge in [0.05, 0.1) is 18.3 Å². The average Bonchev–Trinajstić information content (AvgIpc) is 3.42. The normalized spacial score (nSPS) is 30.7. The number of aliphatic hydroxyl groups excluding tert-OH is 1. The summed E-state index contributed by atoms with van der Waals surface area (Å²) in [6.07, 6.45) is 14.8. The molecule has 1 heterocycles. The van der Waals surface area contributed by atoms with Crippen molar-refractivity contribution in [1.29, 1.82) is 0 Å². The molecule has 1 amide bonds. The van der Waals surface area contributed by atoms with Crippen LogP contribution in [-0.4, -0.2) is 59.0 Å². The third-order valence-electron chi connectivity index (χ3n) is 7.19. The number of ether oxygens (including phenoxy) is 1. The van der Waals surface area contributed by atoms with Gasteiger partial charge in [-0.15, -0.1) is 0 Å². The van der Waals surface area contributed by atoms with Crippen LogP contribution in [0.1, 0.15) is 71.6 Å². The summed E-state index contributed by atoms with van der Waals surface area (Å²) in [6.45, 7) is 6.59. The summed E-state index contributed by atoms with van der Waals surface area (Å²) in [5.74, 6) is 1.19. The number of carbonyl (C=O) groups excluding carboxylic acids is 1. The van der Waals surface area contributed by atoms with Gasteiger partial charge in [-0.3, -0.25) is 4.79 Å². The molecule has 0 bridgehead atoms. The van der Waals surface area contributed by atoms with Gasteiger partial charge in [-0.25, -0.2) is 0 Å². The van der Waals surface area contributed by atoms with Crippen molar-refractivity contribution < 1.29 is 19.7 Å². The molecule has 5 heteroatoms. The molecule has 5 atom stereocenters. The molecular weight excluding hydrogens is 378 g/mol.